The molecule has 0 saturated carbocycles. The molecule has 0 spiro atoms. The van der Waals surface area contributed by atoms with Gasteiger partial charge in [-0.1, -0.05) is 17.3 Å². The van der Waals surface area contributed by atoms with E-state index in [-0.39, 0.29) is 5.82 Å². The van der Waals surface area contributed by atoms with Gasteiger partial charge in [-0.05, 0) is 47.5 Å². The summed E-state index contributed by atoms with van der Waals surface area (Å²) in [6, 6.07) is 16.8. The van der Waals surface area contributed by atoms with E-state index in [9.17, 15) is 9.46 Å². The highest BCUT2D eigenvalue weighted by Crippen LogP contribution is 2.30. The van der Waals surface area contributed by atoms with Gasteiger partial charge in [0, 0.05) is 31.1 Å². The molecule has 4 aromatic heterocycles. The van der Waals surface area contributed by atoms with E-state index in [0.717, 1.165) is 22.5 Å². The fraction of sp³-hybridized carbons (Fsp3) is 0.125. The van der Waals surface area contributed by atoms with Crippen molar-refractivity contribution in [2.45, 2.75) is 19.8 Å². The Bertz CT molecular complexity index is 1540. The summed E-state index contributed by atoms with van der Waals surface area (Å²) < 4.78 is 29.9. The van der Waals surface area contributed by atoms with Crippen molar-refractivity contribution in [3.63, 3.8) is 0 Å². The Morgan fingerprint density at radius 2 is 1.97 bits per heavy atom. The van der Waals surface area contributed by atoms with Crippen molar-refractivity contribution in [2.75, 3.05) is 5.73 Å². The van der Waals surface area contributed by atoms with E-state index in [1.54, 1.807) is 24.4 Å². The Morgan fingerprint density at radius 3 is 2.78 bits per heavy atom. The van der Waals surface area contributed by atoms with E-state index in [2.05, 4.69) is 14.7 Å². The molecule has 1 atom stereocenters. The summed E-state index contributed by atoms with van der Waals surface area (Å²) in [5.41, 5.74) is 10.2. The average molecular weight is 507 g/mol. The molecule has 0 aliphatic heterocycles. The van der Waals surface area contributed by atoms with Crippen LogP contribution in [-0.4, -0.2) is 19.4 Å². The maximum absolute atomic E-state index is 10.9. The number of ether oxygens (including phenoxy) is 1. The number of phosphoric ester groups is 1. The van der Waals surface area contributed by atoms with Crippen LogP contribution in [0.4, 0.5) is 5.82 Å². The molecule has 4 heterocycles. The maximum Gasteiger partial charge on any atom is 0.285 e. The minimum absolute atomic E-state index is 0.196. The quantitative estimate of drug-likeness (QED) is 0.226. The second-order valence-corrected chi connectivity index (χ2v) is 9.22. The van der Waals surface area contributed by atoms with Gasteiger partial charge in [0.25, 0.3) is 13.6 Å². The van der Waals surface area contributed by atoms with Gasteiger partial charge < -0.3 is 23.4 Å². The molecule has 3 N–H and O–H groups in total. The van der Waals surface area contributed by atoms with Gasteiger partial charge in [-0.15, -0.1) is 0 Å². The average Bonchev–Trinajstić information content (AvgIpc) is 3.52. The van der Waals surface area contributed by atoms with E-state index in [0.29, 0.717) is 30.0 Å². The molecule has 0 fully saturated rings. The van der Waals surface area contributed by atoms with Gasteiger partial charge in [-0.2, -0.15) is 0 Å². The highest BCUT2D eigenvalue weighted by molar-refractivity contribution is 7.44. The van der Waals surface area contributed by atoms with Crippen LogP contribution in [0.5, 0.6) is 5.75 Å². The summed E-state index contributed by atoms with van der Waals surface area (Å²) in [6.07, 6.45) is 7.65. The van der Waals surface area contributed by atoms with Crippen LogP contribution >= 0.6 is 7.82 Å². The monoisotopic (exact) mass is 507 g/mol. The van der Waals surface area contributed by atoms with Crippen LogP contribution in [0.15, 0.2) is 83.9 Å². The van der Waals surface area contributed by atoms with Crippen LogP contribution in [0.2, 0.25) is 0 Å². The number of benzene rings is 1. The molecule has 184 valence electrons. The van der Waals surface area contributed by atoms with Crippen molar-refractivity contribution >= 4 is 19.3 Å². The Hall–Kier alpha value is -4.02. The number of aromatic nitrogens is 4. The van der Waals surface area contributed by atoms with Crippen molar-refractivity contribution in [2.24, 2.45) is 0 Å². The smallest absolute Gasteiger partial charge is 0.285 e. The van der Waals surface area contributed by atoms with Crippen molar-refractivity contribution in [3.8, 4) is 17.1 Å². The maximum atomic E-state index is 10.9. The zero-order valence-corrected chi connectivity index (χ0v) is 19.8. The second kappa shape index (κ2) is 9.92. The molecule has 0 bridgehead atoms. The SMILES string of the molecule is Nc1c(-c2cc(Cc3ccc(OCc4ccn5ccnc5c4)cc3)no2)ccc[n+]1COP(=O)([O-])O. The molecule has 1 aromatic carbocycles. The predicted molar refractivity (Wildman–Crippen MR) is 126 cm³/mol. The third-order valence-electron chi connectivity index (χ3n) is 5.48. The first-order chi connectivity index (χ1) is 17.3. The van der Waals surface area contributed by atoms with Crippen molar-refractivity contribution in [1.29, 1.82) is 0 Å². The van der Waals surface area contributed by atoms with Crippen LogP contribution < -0.4 is 19.9 Å². The number of phosphoric acid groups is 1. The first kappa shape index (κ1) is 23.7. The van der Waals surface area contributed by atoms with E-state index in [4.69, 9.17) is 19.9 Å². The van der Waals surface area contributed by atoms with Gasteiger partial charge >= 0.3 is 0 Å². The number of hydrogen-bond acceptors (Lipinski definition) is 8. The number of fused-ring (bicyclic) bond motifs is 1. The molecule has 1 unspecified atom stereocenters. The molecule has 5 aromatic rings. The summed E-state index contributed by atoms with van der Waals surface area (Å²) in [5.74, 6) is 1.36. The number of hydrogen-bond donors (Lipinski definition) is 2. The number of anilines is 1. The Balaban J connectivity index is 1.21. The molecule has 0 saturated heterocycles. The largest absolute Gasteiger partial charge is 0.756 e. The Labute approximate surface area is 205 Å². The minimum atomic E-state index is -4.88. The summed E-state index contributed by atoms with van der Waals surface area (Å²) in [5, 5.41) is 4.12. The number of pyridine rings is 2. The highest BCUT2D eigenvalue weighted by atomic mass is 31.2. The molecule has 0 amide bonds. The third kappa shape index (κ3) is 5.61. The van der Waals surface area contributed by atoms with Gasteiger partial charge in [0.1, 0.15) is 23.6 Å². The first-order valence-corrected chi connectivity index (χ1v) is 12.4. The molecule has 36 heavy (non-hydrogen) atoms. The number of nitrogens with two attached hydrogens (primary N) is 1. The lowest BCUT2D eigenvalue weighted by atomic mass is 10.1. The van der Waals surface area contributed by atoms with Crippen molar-refractivity contribution in [3.05, 3.63) is 96.2 Å². The van der Waals surface area contributed by atoms with Crippen LogP contribution in [0.25, 0.3) is 17.0 Å². The third-order valence-corrected chi connectivity index (χ3v) is 5.92. The fourth-order valence-corrected chi connectivity index (χ4v) is 3.93. The number of rotatable bonds is 9. The highest BCUT2D eigenvalue weighted by Gasteiger charge is 2.18. The van der Waals surface area contributed by atoms with E-state index < -0.39 is 14.6 Å². The van der Waals surface area contributed by atoms with Gasteiger partial charge in [0.2, 0.25) is 0 Å². The number of nitrogens with zero attached hydrogens (tertiary/aromatic N) is 4. The van der Waals surface area contributed by atoms with Gasteiger partial charge in [0.15, 0.2) is 12.5 Å². The molecule has 0 aliphatic carbocycles. The van der Waals surface area contributed by atoms with E-state index in [1.165, 1.54) is 10.8 Å². The van der Waals surface area contributed by atoms with E-state index in [1.807, 2.05) is 53.2 Å². The zero-order valence-electron chi connectivity index (χ0n) is 18.9. The Kier molecular flexibility index (Phi) is 6.53. The summed E-state index contributed by atoms with van der Waals surface area (Å²) in [7, 11) is -4.88. The molecule has 11 nitrogen and oxygen atoms in total. The lowest BCUT2D eigenvalue weighted by Crippen LogP contribution is -2.38. The Morgan fingerprint density at radius 1 is 1.14 bits per heavy atom. The molecular weight excluding hydrogens is 485 g/mol. The minimum Gasteiger partial charge on any atom is -0.756 e. The van der Waals surface area contributed by atoms with Gasteiger partial charge in [0.05, 0.1) is 11.9 Å². The first-order valence-electron chi connectivity index (χ1n) is 10.9. The fourth-order valence-electron chi connectivity index (χ4n) is 3.66. The van der Waals surface area contributed by atoms with Gasteiger partial charge in [-0.25, -0.2) is 9.55 Å². The molecule has 0 radical (unpaired) electrons. The molecular formula is C24H22N5O6P. The standard InChI is InChI=1S/C24H22N5O6P/c25-24-21(2-1-9-29(24)16-34-36(30,31)32)22-14-19(27-35-22)12-17-3-5-20(6-4-17)33-15-18-7-10-28-11-8-26-23(28)13-18/h1-11,13-14,25H,12,15-16H2,(H2,30,31,32). The lowest BCUT2D eigenvalue weighted by Gasteiger charge is -2.14. The molecule has 5 rings (SSSR count). The predicted octanol–water partition coefficient (Wildman–Crippen LogP) is 2.46. The lowest BCUT2D eigenvalue weighted by molar-refractivity contribution is -0.712. The molecule has 0 aliphatic rings. The van der Waals surface area contributed by atoms with Crippen LogP contribution in [0, 0.1) is 0 Å². The van der Waals surface area contributed by atoms with Gasteiger partial charge in [-0.3, -0.25) is 14.8 Å². The van der Waals surface area contributed by atoms with Crippen LogP contribution in [0.1, 0.15) is 16.8 Å². The topological polar surface area (TPSA) is 152 Å². The number of nitrogen functional groups attached to an aromatic ring is 1. The summed E-state index contributed by atoms with van der Waals surface area (Å²) >= 11 is 0. The zero-order chi connectivity index (χ0) is 25.1. The van der Waals surface area contributed by atoms with Crippen LogP contribution in [0.3, 0.4) is 0 Å². The van der Waals surface area contributed by atoms with E-state index >= 15 is 0 Å². The normalized spacial score (nSPS) is 13.1. The summed E-state index contributed by atoms with van der Waals surface area (Å²) in [6.45, 7) is -0.0338. The summed E-state index contributed by atoms with van der Waals surface area (Å²) in [4.78, 5) is 24.0. The van der Waals surface area contributed by atoms with Crippen LogP contribution in [-0.2, 0) is 28.8 Å². The second-order valence-electron chi connectivity index (χ2n) is 8.02. The van der Waals surface area contributed by atoms with Crippen molar-refractivity contribution < 1.29 is 32.7 Å². The van der Waals surface area contributed by atoms with Crippen molar-refractivity contribution in [1.82, 2.24) is 14.5 Å². The molecule has 12 heteroatoms. The number of imidazole rings is 1.